The molecule has 8 atom stereocenters. The lowest BCUT2D eigenvalue weighted by atomic mass is 9.44. The number of ether oxygens (including phenoxy) is 2. The monoisotopic (exact) mass is 478 g/mol. The minimum absolute atomic E-state index is 0.119. The van der Waals surface area contributed by atoms with E-state index in [2.05, 4.69) is 0 Å². The lowest BCUT2D eigenvalue weighted by Gasteiger charge is -2.62. The zero-order valence-electron chi connectivity index (χ0n) is 20.3. The summed E-state index contributed by atoms with van der Waals surface area (Å²) in [5.74, 6) is -2.39. The van der Waals surface area contributed by atoms with Crippen molar-refractivity contribution in [1.29, 1.82) is 0 Å². The van der Waals surface area contributed by atoms with Gasteiger partial charge in [0.05, 0.1) is 12.7 Å². The minimum Gasteiger partial charge on any atom is -0.434 e. The Bertz CT molecular complexity index is 959. The van der Waals surface area contributed by atoms with Gasteiger partial charge in [0.15, 0.2) is 17.1 Å². The van der Waals surface area contributed by atoms with Crippen molar-refractivity contribution in [3.8, 4) is 0 Å². The first kappa shape index (κ1) is 25.0. The Morgan fingerprint density at radius 3 is 2.62 bits per heavy atom. The normalized spacial score (nSPS) is 45.0. The Morgan fingerprint density at radius 2 is 1.97 bits per heavy atom. The van der Waals surface area contributed by atoms with E-state index < -0.39 is 64.5 Å². The van der Waals surface area contributed by atoms with Crippen molar-refractivity contribution in [3.05, 3.63) is 23.8 Å². The summed E-state index contributed by atoms with van der Waals surface area (Å²) in [7, 11) is 0. The van der Waals surface area contributed by atoms with Gasteiger partial charge in [-0.15, -0.1) is 0 Å². The molecule has 7 nitrogen and oxygen atoms in total. The number of aliphatic hydroxyl groups is 2. The molecule has 188 valence electrons. The molecule has 3 fully saturated rings. The Labute approximate surface area is 199 Å². The summed E-state index contributed by atoms with van der Waals surface area (Å²) >= 11 is 0. The summed E-state index contributed by atoms with van der Waals surface area (Å²) < 4.78 is 28.1. The number of halogens is 1. The maximum Gasteiger partial charge on any atom is 0.509 e. The first-order valence-corrected chi connectivity index (χ1v) is 12.2. The topological polar surface area (TPSA) is 110 Å². The molecule has 0 spiro atoms. The van der Waals surface area contributed by atoms with Gasteiger partial charge >= 0.3 is 6.16 Å². The van der Waals surface area contributed by atoms with E-state index in [4.69, 9.17) is 9.47 Å². The molecule has 0 radical (unpaired) electrons. The van der Waals surface area contributed by atoms with Gasteiger partial charge in [0.2, 0.25) is 5.78 Å². The predicted octanol–water partition coefficient (Wildman–Crippen LogP) is 3.47. The fraction of sp³-hybridized carbons (Fsp3) is 0.731. The van der Waals surface area contributed by atoms with Crippen molar-refractivity contribution in [1.82, 2.24) is 0 Å². The molecule has 4 aliphatic carbocycles. The number of carbonyl (C=O) groups is 3. The van der Waals surface area contributed by atoms with E-state index >= 15 is 4.39 Å². The summed E-state index contributed by atoms with van der Waals surface area (Å²) in [6.07, 6.45) is 3.65. The molecule has 0 aliphatic heterocycles. The van der Waals surface area contributed by atoms with Crippen molar-refractivity contribution in [2.45, 2.75) is 77.2 Å². The molecule has 2 N–H and O–H groups in total. The molecule has 4 rings (SSSR count). The highest BCUT2D eigenvalue weighted by atomic mass is 19.1. The SMILES string of the molecule is CCCOC(=O)O[C@]1(C(=O)CO)[C@H](C)C[C@H]2[C@@H]3CCC4=CC(=O)C=C[C@]4(C)[C@@]3(F)[C@@H](O)C[C@@]21C. The van der Waals surface area contributed by atoms with Gasteiger partial charge in [-0.25, -0.2) is 9.18 Å². The molecule has 0 aromatic carbocycles. The number of ketones is 2. The Hall–Kier alpha value is -2.06. The van der Waals surface area contributed by atoms with Crippen LogP contribution < -0.4 is 0 Å². The number of rotatable bonds is 5. The Morgan fingerprint density at radius 1 is 1.26 bits per heavy atom. The number of carbonyl (C=O) groups excluding carboxylic acids is 3. The van der Waals surface area contributed by atoms with E-state index in [-0.39, 0.29) is 18.8 Å². The molecule has 0 aromatic rings. The number of fused-ring (bicyclic) bond motifs is 5. The Kier molecular flexibility index (Phi) is 6.09. The largest absolute Gasteiger partial charge is 0.509 e. The van der Waals surface area contributed by atoms with E-state index in [0.29, 0.717) is 31.3 Å². The van der Waals surface area contributed by atoms with Gasteiger partial charge in [-0.3, -0.25) is 9.59 Å². The molecule has 0 amide bonds. The van der Waals surface area contributed by atoms with Crippen LogP contribution >= 0.6 is 0 Å². The van der Waals surface area contributed by atoms with Gasteiger partial charge in [0.1, 0.15) is 6.61 Å². The second-order valence-corrected chi connectivity index (χ2v) is 10.9. The lowest BCUT2D eigenvalue weighted by molar-refractivity contribution is -0.222. The van der Waals surface area contributed by atoms with Gasteiger partial charge in [0.25, 0.3) is 0 Å². The molecular formula is C26H35FO7. The van der Waals surface area contributed by atoms with Crippen LogP contribution in [0.25, 0.3) is 0 Å². The summed E-state index contributed by atoms with van der Waals surface area (Å²) in [4.78, 5) is 37.8. The molecule has 0 heterocycles. The number of aliphatic hydroxyl groups excluding tert-OH is 2. The maximum atomic E-state index is 17.2. The van der Waals surface area contributed by atoms with E-state index in [1.807, 2.05) is 6.92 Å². The highest BCUT2D eigenvalue weighted by Gasteiger charge is 2.77. The van der Waals surface area contributed by atoms with Crippen LogP contribution in [0.2, 0.25) is 0 Å². The van der Waals surface area contributed by atoms with E-state index in [1.165, 1.54) is 12.2 Å². The molecule has 34 heavy (non-hydrogen) atoms. The molecule has 8 heteroatoms. The number of hydrogen-bond donors (Lipinski definition) is 2. The standard InChI is InChI=1S/C26H35FO7/c1-5-10-33-22(32)34-26(21(31)14-28)15(2)11-19-18-7-6-16-12-17(29)8-9-23(16,3)25(18,27)20(30)13-24(19,26)4/h8-9,12,15,18-20,28,30H,5-7,10-11,13-14H2,1-4H3/t15-,18+,19+,20+,23+,24+,25+,26+/m1/s1. The van der Waals surface area contributed by atoms with Crippen LogP contribution in [0.15, 0.2) is 23.8 Å². The van der Waals surface area contributed by atoms with Crippen molar-refractivity contribution in [2.24, 2.45) is 28.6 Å². The smallest absolute Gasteiger partial charge is 0.434 e. The van der Waals surface area contributed by atoms with E-state index in [0.717, 1.165) is 0 Å². The summed E-state index contributed by atoms with van der Waals surface area (Å²) in [5.41, 5.74) is -5.39. The van der Waals surface area contributed by atoms with Crippen LogP contribution in [-0.2, 0) is 19.1 Å². The molecule has 0 unspecified atom stereocenters. The fourth-order valence-electron chi connectivity index (χ4n) is 7.86. The van der Waals surface area contributed by atoms with E-state index in [9.17, 15) is 24.6 Å². The van der Waals surface area contributed by atoms with Crippen LogP contribution in [0.5, 0.6) is 0 Å². The van der Waals surface area contributed by atoms with Gasteiger partial charge < -0.3 is 19.7 Å². The lowest BCUT2D eigenvalue weighted by Crippen LogP contribution is -2.70. The second-order valence-electron chi connectivity index (χ2n) is 10.9. The summed E-state index contributed by atoms with van der Waals surface area (Å²) in [6.45, 7) is 6.36. The van der Waals surface area contributed by atoms with Crippen LogP contribution in [-0.4, -0.2) is 58.5 Å². The quantitative estimate of drug-likeness (QED) is 0.582. The first-order valence-electron chi connectivity index (χ1n) is 12.2. The molecule has 3 saturated carbocycles. The van der Waals surface area contributed by atoms with Crippen molar-refractivity contribution < 1.29 is 38.5 Å². The predicted molar refractivity (Wildman–Crippen MR) is 120 cm³/mol. The van der Waals surface area contributed by atoms with Crippen LogP contribution in [0.4, 0.5) is 9.18 Å². The minimum atomic E-state index is -2.06. The number of Topliss-reactive ketones (excluding diaryl/α,β-unsaturated/α-hetero) is 1. The third-order valence-corrected chi connectivity index (χ3v) is 9.41. The van der Waals surface area contributed by atoms with Gasteiger partial charge in [-0.05, 0) is 57.1 Å². The zero-order valence-corrected chi connectivity index (χ0v) is 20.3. The maximum absolute atomic E-state index is 17.2. The van der Waals surface area contributed by atoms with Crippen molar-refractivity contribution in [2.75, 3.05) is 13.2 Å². The van der Waals surface area contributed by atoms with Crippen LogP contribution in [0.3, 0.4) is 0 Å². The average molecular weight is 479 g/mol. The second kappa shape index (κ2) is 8.26. The van der Waals surface area contributed by atoms with Gasteiger partial charge in [0, 0.05) is 22.7 Å². The number of alkyl halides is 1. The number of hydrogen-bond acceptors (Lipinski definition) is 7. The molecular weight excluding hydrogens is 443 g/mol. The molecule has 4 aliphatic rings. The fourth-order valence-corrected chi connectivity index (χ4v) is 7.86. The molecule has 0 saturated heterocycles. The zero-order chi connectivity index (χ0) is 25.1. The Balaban J connectivity index is 1.80. The third-order valence-electron chi connectivity index (χ3n) is 9.41. The highest BCUT2D eigenvalue weighted by molar-refractivity contribution is 6.01. The molecule has 0 bridgehead atoms. The van der Waals surface area contributed by atoms with Crippen LogP contribution in [0.1, 0.15) is 59.8 Å². The van der Waals surface area contributed by atoms with Crippen molar-refractivity contribution in [3.63, 3.8) is 0 Å². The van der Waals surface area contributed by atoms with E-state index in [1.54, 1.807) is 26.8 Å². The van der Waals surface area contributed by atoms with Crippen LogP contribution in [0, 0.1) is 28.6 Å². The van der Waals surface area contributed by atoms with Gasteiger partial charge in [-0.2, -0.15) is 0 Å². The highest BCUT2D eigenvalue weighted by Crippen LogP contribution is 2.71. The number of allylic oxidation sites excluding steroid dienone is 4. The summed E-state index contributed by atoms with van der Waals surface area (Å²) in [5, 5.41) is 21.3. The third kappa shape index (κ3) is 3.03. The average Bonchev–Trinajstić information content (AvgIpc) is 3.00. The van der Waals surface area contributed by atoms with Gasteiger partial charge in [-0.1, -0.05) is 32.4 Å². The first-order chi connectivity index (χ1) is 15.9. The van der Waals surface area contributed by atoms with Crippen molar-refractivity contribution >= 4 is 17.7 Å². The summed E-state index contributed by atoms with van der Waals surface area (Å²) in [6, 6.07) is 0. The molecule has 0 aromatic heterocycles.